The van der Waals surface area contributed by atoms with Crippen LogP contribution in [-0.2, 0) is 10.4 Å². The first-order chi connectivity index (χ1) is 9.70. The van der Waals surface area contributed by atoms with Gasteiger partial charge >= 0.3 is 10.4 Å². The number of fused-ring (bicyclic) bond motifs is 5. The quantitative estimate of drug-likeness (QED) is 0.307. The lowest BCUT2D eigenvalue weighted by atomic mass is 9.84. The molecule has 0 aliphatic heterocycles. The molecule has 1 fully saturated rings. The molecule has 0 heterocycles. The van der Waals surface area contributed by atoms with E-state index in [9.17, 15) is 0 Å². The Balaban J connectivity index is 0.000000390. The molecule has 0 radical (unpaired) electrons. The van der Waals surface area contributed by atoms with Gasteiger partial charge in [0.1, 0.15) is 9.75 Å². The van der Waals surface area contributed by atoms with Gasteiger partial charge in [0, 0.05) is 11.8 Å². The van der Waals surface area contributed by atoms with Gasteiger partial charge in [-0.3, -0.25) is 9.11 Å². The summed E-state index contributed by atoms with van der Waals surface area (Å²) in [6.45, 7) is 0. The highest BCUT2D eigenvalue weighted by molar-refractivity contribution is 7.79. The maximum Gasteiger partial charge on any atom is 0.394 e. The van der Waals surface area contributed by atoms with Gasteiger partial charge in [-0.2, -0.15) is 8.42 Å². The van der Waals surface area contributed by atoms with Crippen molar-refractivity contribution in [1.82, 2.24) is 0 Å². The second-order valence-corrected chi connectivity index (χ2v) is 9.63. The molecule has 3 aliphatic carbocycles. The van der Waals surface area contributed by atoms with Crippen LogP contribution in [0.15, 0.2) is 22.2 Å². The van der Waals surface area contributed by atoms with E-state index >= 15 is 0 Å². The Kier molecular flexibility index (Phi) is 6.32. The maximum atomic E-state index is 8.74. The molecule has 3 aliphatic rings. The van der Waals surface area contributed by atoms with Gasteiger partial charge in [0.15, 0.2) is 4.33 Å². The smallest absolute Gasteiger partial charge is 0.394 e. The van der Waals surface area contributed by atoms with Gasteiger partial charge in [-0.15, -0.1) is 34.8 Å². The van der Waals surface area contributed by atoms with E-state index in [0.29, 0.717) is 0 Å². The summed E-state index contributed by atoms with van der Waals surface area (Å²) >= 11 is 44.5. The van der Waals surface area contributed by atoms with E-state index in [2.05, 4.69) is 0 Å². The maximum absolute atomic E-state index is 8.74. The molecule has 134 valence electrons. The number of rotatable bonds is 0. The van der Waals surface area contributed by atoms with Crippen molar-refractivity contribution in [2.45, 2.75) is 19.5 Å². The highest BCUT2D eigenvalue weighted by atomic mass is 35.5. The van der Waals surface area contributed by atoms with E-state index in [-0.39, 0.29) is 32.8 Å². The number of alkyl halides is 5. The minimum Gasteiger partial charge on any atom is -0.412 e. The highest BCUT2D eigenvalue weighted by Crippen LogP contribution is 2.78. The van der Waals surface area contributed by atoms with E-state index in [1.807, 2.05) is 12.2 Å². The van der Waals surface area contributed by atoms with Crippen molar-refractivity contribution < 1.29 is 23.0 Å². The molecule has 4 N–H and O–H groups in total. The van der Waals surface area contributed by atoms with Crippen LogP contribution in [0.5, 0.6) is 0 Å². The van der Waals surface area contributed by atoms with Crippen LogP contribution in [0.3, 0.4) is 0 Å². The van der Waals surface area contributed by atoms with Crippen molar-refractivity contribution in [2.24, 2.45) is 11.8 Å². The van der Waals surface area contributed by atoms with Crippen molar-refractivity contribution >= 4 is 91.6 Å². The van der Waals surface area contributed by atoms with Gasteiger partial charge in [0.05, 0.1) is 15.4 Å². The molecule has 0 amide bonds. The first-order valence-electron chi connectivity index (χ1n) is 5.54. The summed E-state index contributed by atoms with van der Waals surface area (Å²) < 4.78 is 30.1. The second-order valence-electron chi connectivity index (χ2n) is 4.95. The molecule has 0 saturated heterocycles. The molecule has 5 nitrogen and oxygen atoms in total. The zero-order chi connectivity index (χ0) is 17.3. The Morgan fingerprint density at radius 2 is 1.35 bits per heavy atom. The third kappa shape index (κ3) is 2.92. The largest absolute Gasteiger partial charge is 0.412 e. The Morgan fingerprint density at radius 1 is 0.957 bits per heavy atom. The molecular formula is C10H9Cl7O5S. The summed E-state index contributed by atoms with van der Waals surface area (Å²) in [6.07, 6.45) is 3.69. The predicted molar refractivity (Wildman–Crippen MR) is 93.9 cm³/mol. The van der Waals surface area contributed by atoms with Crippen molar-refractivity contribution in [3.8, 4) is 0 Å². The van der Waals surface area contributed by atoms with Gasteiger partial charge in [0.2, 0.25) is 0 Å². The monoisotopic (exact) mass is 486 g/mol. The minimum absolute atomic E-state index is 0. The molecule has 0 aromatic rings. The molecule has 0 aromatic heterocycles. The molecule has 0 spiro atoms. The lowest BCUT2D eigenvalue weighted by Crippen LogP contribution is -2.45. The SMILES string of the molecule is ClC1=C(Cl)C2(Cl)C3C(Cl)C=CC3C1(Cl)C2(Cl)Cl.O.O=S(=O)(O)O. The van der Waals surface area contributed by atoms with Crippen LogP contribution in [0, 0.1) is 11.8 Å². The lowest BCUT2D eigenvalue weighted by Gasteiger charge is -2.34. The molecule has 5 unspecified atom stereocenters. The predicted octanol–water partition coefficient (Wildman–Crippen LogP) is 3.76. The summed E-state index contributed by atoms with van der Waals surface area (Å²) in [5, 5.41) is 0.113. The molecule has 2 bridgehead atoms. The Labute approximate surface area is 167 Å². The summed E-state index contributed by atoms with van der Waals surface area (Å²) in [6, 6.07) is 0. The fourth-order valence-electron chi connectivity index (χ4n) is 3.08. The number of halogens is 7. The Morgan fingerprint density at radius 3 is 1.78 bits per heavy atom. The summed E-state index contributed by atoms with van der Waals surface area (Å²) in [7, 11) is -4.67. The fourth-order valence-corrected chi connectivity index (χ4v) is 6.60. The van der Waals surface area contributed by atoms with Crippen molar-refractivity contribution in [2.75, 3.05) is 0 Å². The van der Waals surface area contributed by atoms with Gasteiger partial charge in [-0.1, -0.05) is 58.6 Å². The zero-order valence-corrected chi connectivity index (χ0v) is 16.8. The first-order valence-corrected chi connectivity index (χ1v) is 9.65. The molecule has 3 rings (SSSR count). The van der Waals surface area contributed by atoms with Crippen molar-refractivity contribution in [3.05, 3.63) is 22.2 Å². The number of hydrogen-bond donors (Lipinski definition) is 2. The van der Waals surface area contributed by atoms with Gasteiger partial charge in [-0.05, 0) is 0 Å². The third-order valence-corrected chi connectivity index (χ3v) is 8.61. The topological polar surface area (TPSA) is 106 Å². The van der Waals surface area contributed by atoms with Crippen LogP contribution < -0.4 is 0 Å². The standard InChI is InChI=1S/C10H5Cl7.H2O4S.H2O/c11-4-2-1-3-5(4)9(15)7(13)6(12)8(3,14)10(9,16)17;1-5(2,3)4;/h1-5H;(H2,1,2,3,4);1H2. The van der Waals surface area contributed by atoms with Crippen LogP contribution in [-0.4, -0.2) is 42.5 Å². The molecule has 0 aromatic carbocycles. The normalized spacial score (nSPS) is 42.9. The molecule has 5 atom stereocenters. The van der Waals surface area contributed by atoms with E-state index in [1.165, 1.54) is 0 Å². The first kappa shape index (κ1) is 22.4. The van der Waals surface area contributed by atoms with E-state index in [0.717, 1.165) is 0 Å². The summed E-state index contributed by atoms with van der Waals surface area (Å²) in [5.41, 5.74) is 0. The molecular weight excluding hydrogens is 480 g/mol. The third-order valence-electron chi connectivity index (χ3n) is 3.90. The van der Waals surface area contributed by atoms with E-state index in [4.69, 9.17) is 98.7 Å². The minimum atomic E-state index is -4.67. The Bertz CT molecular complexity index is 669. The second kappa shape index (κ2) is 6.50. The summed E-state index contributed by atoms with van der Waals surface area (Å²) in [4.78, 5) is -2.45. The average molecular weight is 489 g/mol. The number of hydrogen-bond acceptors (Lipinski definition) is 2. The highest BCUT2D eigenvalue weighted by Gasteiger charge is 2.83. The van der Waals surface area contributed by atoms with Crippen LogP contribution in [0.1, 0.15) is 0 Å². The summed E-state index contributed by atoms with van der Waals surface area (Å²) in [5.74, 6) is -0.470. The molecule has 13 heteroatoms. The van der Waals surface area contributed by atoms with Crippen LogP contribution in [0.2, 0.25) is 0 Å². The number of allylic oxidation sites excluding steroid dienone is 4. The van der Waals surface area contributed by atoms with Gasteiger partial charge in [0.25, 0.3) is 0 Å². The van der Waals surface area contributed by atoms with Crippen LogP contribution >= 0.6 is 81.2 Å². The van der Waals surface area contributed by atoms with E-state index < -0.39 is 24.5 Å². The van der Waals surface area contributed by atoms with Crippen LogP contribution in [0.25, 0.3) is 0 Å². The van der Waals surface area contributed by atoms with Crippen molar-refractivity contribution in [1.29, 1.82) is 0 Å². The van der Waals surface area contributed by atoms with Gasteiger partial charge in [-0.25, -0.2) is 0 Å². The van der Waals surface area contributed by atoms with E-state index in [1.54, 1.807) is 0 Å². The zero-order valence-electron chi connectivity index (χ0n) is 10.7. The molecule has 23 heavy (non-hydrogen) atoms. The van der Waals surface area contributed by atoms with Crippen LogP contribution in [0.4, 0.5) is 0 Å². The molecule has 1 saturated carbocycles. The lowest BCUT2D eigenvalue weighted by molar-refractivity contribution is 0.381. The van der Waals surface area contributed by atoms with Gasteiger partial charge < -0.3 is 5.48 Å². The van der Waals surface area contributed by atoms with Crippen molar-refractivity contribution in [3.63, 3.8) is 0 Å². The Hall–Kier alpha value is 1.34. The average Bonchev–Trinajstić information content (AvgIpc) is 2.82. The fraction of sp³-hybridized carbons (Fsp3) is 0.600.